The monoisotopic (exact) mass is 370 g/mol. The summed E-state index contributed by atoms with van der Waals surface area (Å²) in [6.07, 6.45) is -1.51. The van der Waals surface area contributed by atoms with Crippen LogP contribution in [0.5, 0.6) is 11.5 Å². The molecule has 1 atom stereocenters. The Bertz CT molecular complexity index is 789. The van der Waals surface area contributed by atoms with Gasteiger partial charge in [0.25, 0.3) is 0 Å². The van der Waals surface area contributed by atoms with Crippen LogP contribution >= 0.6 is 0 Å². The van der Waals surface area contributed by atoms with Crippen LogP contribution in [0.1, 0.15) is 11.4 Å². The molecule has 0 unspecified atom stereocenters. The van der Waals surface area contributed by atoms with E-state index in [2.05, 4.69) is 4.98 Å². The van der Waals surface area contributed by atoms with E-state index in [1.165, 1.54) is 12.4 Å². The van der Waals surface area contributed by atoms with E-state index in [-0.39, 0.29) is 19.0 Å². The molecule has 140 valence electrons. The molecule has 0 fully saturated rings. The molecule has 0 saturated heterocycles. The van der Waals surface area contributed by atoms with E-state index in [9.17, 15) is 18.0 Å². The van der Waals surface area contributed by atoms with Gasteiger partial charge in [0.2, 0.25) is 0 Å². The highest BCUT2D eigenvalue weighted by Crippen LogP contribution is 2.31. The third-order valence-electron chi connectivity index (χ3n) is 4.01. The number of halogens is 3. The van der Waals surface area contributed by atoms with Gasteiger partial charge in [-0.25, -0.2) is 4.98 Å². The number of benzene rings is 1. The standard InChI is InChI=1S/C17H17F3N2O4/c1-24-13-3-2-11-6-12(8-25-14(11)7-13)16(23)26-9-15-21-4-5-22(15)10-17(18,19)20/h2-5,7,12H,6,8-10H2,1H3/t12-/m0/s1. The lowest BCUT2D eigenvalue weighted by molar-refractivity contribution is -0.152. The molecule has 0 radical (unpaired) electrons. The van der Waals surface area contributed by atoms with Crippen LogP contribution in [0.3, 0.4) is 0 Å². The van der Waals surface area contributed by atoms with Gasteiger partial charge in [0.1, 0.15) is 37.1 Å². The number of esters is 1. The largest absolute Gasteiger partial charge is 0.497 e. The molecule has 2 aromatic rings. The van der Waals surface area contributed by atoms with Gasteiger partial charge in [-0.05, 0) is 18.1 Å². The number of alkyl halides is 3. The first-order valence-electron chi connectivity index (χ1n) is 7.89. The average molecular weight is 370 g/mol. The van der Waals surface area contributed by atoms with Crippen molar-refractivity contribution in [3.05, 3.63) is 42.0 Å². The fraction of sp³-hybridized carbons (Fsp3) is 0.412. The van der Waals surface area contributed by atoms with Crippen LogP contribution in [-0.4, -0.2) is 35.4 Å². The smallest absolute Gasteiger partial charge is 0.406 e. The Hall–Kier alpha value is -2.71. The first kappa shape index (κ1) is 18.1. The number of nitrogens with zero attached hydrogens (tertiary/aromatic N) is 2. The first-order chi connectivity index (χ1) is 12.4. The number of aromatic nitrogens is 2. The molecule has 6 nitrogen and oxygen atoms in total. The Balaban J connectivity index is 1.59. The lowest BCUT2D eigenvalue weighted by Crippen LogP contribution is -2.30. The Kier molecular flexibility index (Phi) is 5.06. The summed E-state index contributed by atoms with van der Waals surface area (Å²) in [5.74, 6) is 0.280. The summed E-state index contributed by atoms with van der Waals surface area (Å²) in [6.45, 7) is -1.37. The lowest BCUT2D eigenvalue weighted by atomic mass is 9.97. The molecule has 0 spiro atoms. The minimum Gasteiger partial charge on any atom is -0.497 e. The van der Waals surface area contributed by atoms with Crippen molar-refractivity contribution in [3.8, 4) is 11.5 Å². The van der Waals surface area contributed by atoms with Gasteiger partial charge in [-0.3, -0.25) is 4.79 Å². The minimum absolute atomic E-state index is 0.0394. The van der Waals surface area contributed by atoms with Gasteiger partial charge in [0, 0.05) is 18.5 Å². The van der Waals surface area contributed by atoms with Gasteiger partial charge < -0.3 is 18.8 Å². The average Bonchev–Trinajstić information content (AvgIpc) is 3.03. The molecular weight excluding hydrogens is 353 g/mol. The predicted molar refractivity (Wildman–Crippen MR) is 83.8 cm³/mol. The zero-order chi connectivity index (χ0) is 18.7. The number of fused-ring (bicyclic) bond motifs is 1. The summed E-state index contributed by atoms with van der Waals surface area (Å²) in [7, 11) is 1.55. The maximum atomic E-state index is 12.5. The van der Waals surface area contributed by atoms with E-state index in [0.717, 1.165) is 10.1 Å². The van der Waals surface area contributed by atoms with Crippen molar-refractivity contribution in [1.82, 2.24) is 9.55 Å². The van der Waals surface area contributed by atoms with Crippen LogP contribution in [0, 0.1) is 5.92 Å². The molecule has 3 rings (SSSR count). The van der Waals surface area contributed by atoms with Crippen LogP contribution < -0.4 is 9.47 Å². The SMILES string of the molecule is COc1ccc2c(c1)OC[C@@H](C(=O)OCc1nccn1CC(F)(F)F)C2. The highest BCUT2D eigenvalue weighted by molar-refractivity contribution is 5.73. The molecule has 26 heavy (non-hydrogen) atoms. The topological polar surface area (TPSA) is 62.6 Å². The Morgan fingerprint density at radius 1 is 1.42 bits per heavy atom. The highest BCUT2D eigenvalue weighted by atomic mass is 19.4. The lowest BCUT2D eigenvalue weighted by Gasteiger charge is -2.24. The van der Waals surface area contributed by atoms with Crippen molar-refractivity contribution < 1.29 is 32.2 Å². The van der Waals surface area contributed by atoms with E-state index < -0.39 is 24.6 Å². The van der Waals surface area contributed by atoms with Gasteiger partial charge in [0.15, 0.2) is 0 Å². The van der Waals surface area contributed by atoms with Crippen LogP contribution in [0.4, 0.5) is 13.2 Å². The van der Waals surface area contributed by atoms with E-state index in [4.69, 9.17) is 14.2 Å². The summed E-state index contributed by atoms with van der Waals surface area (Å²) in [6, 6.07) is 5.32. The second kappa shape index (κ2) is 7.27. The van der Waals surface area contributed by atoms with Gasteiger partial charge in [-0.15, -0.1) is 0 Å². The van der Waals surface area contributed by atoms with E-state index in [1.54, 1.807) is 19.2 Å². The number of hydrogen-bond donors (Lipinski definition) is 0. The van der Waals surface area contributed by atoms with Crippen LogP contribution in [-0.2, 0) is 29.1 Å². The number of methoxy groups -OCH3 is 1. The van der Waals surface area contributed by atoms with Crippen molar-refractivity contribution >= 4 is 5.97 Å². The molecule has 1 aromatic carbocycles. The van der Waals surface area contributed by atoms with Gasteiger partial charge >= 0.3 is 12.1 Å². The van der Waals surface area contributed by atoms with Crippen LogP contribution in [0.15, 0.2) is 30.6 Å². The zero-order valence-electron chi connectivity index (χ0n) is 14.0. The molecule has 0 amide bonds. The Morgan fingerprint density at radius 2 is 2.23 bits per heavy atom. The van der Waals surface area contributed by atoms with Crippen molar-refractivity contribution in [3.63, 3.8) is 0 Å². The number of imidazole rings is 1. The molecule has 1 aromatic heterocycles. The number of rotatable bonds is 5. The normalized spacial score (nSPS) is 16.5. The maximum absolute atomic E-state index is 12.5. The van der Waals surface area contributed by atoms with Gasteiger partial charge in [-0.2, -0.15) is 13.2 Å². The number of ether oxygens (including phenoxy) is 3. The van der Waals surface area contributed by atoms with Crippen LogP contribution in [0.2, 0.25) is 0 Å². The Morgan fingerprint density at radius 3 is 2.96 bits per heavy atom. The predicted octanol–water partition coefficient (Wildman–Crippen LogP) is 2.75. The van der Waals surface area contributed by atoms with Gasteiger partial charge in [0.05, 0.1) is 13.0 Å². The summed E-state index contributed by atoms with van der Waals surface area (Å²) >= 11 is 0. The van der Waals surface area contributed by atoms with E-state index in [0.29, 0.717) is 17.9 Å². The van der Waals surface area contributed by atoms with Crippen molar-refractivity contribution in [2.45, 2.75) is 25.7 Å². The van der Waals surface area contributed by atoms with Crippen molar-refractivity contribution in [2.24, 2.45) is 5.92 Å². The molecule has 0 N–H and O–H groups in total. The van der Waals surface area contributed by atoms with Crippen LogP contribution in [0.25, 0.3) is 0 Å². The number of carbonyl (C=O) groups excluding carboxylic acids is 1. The molecule has 1 aliphatic rings. The van der Waals surface area contributed by atoms with Gasteiger partial charge in [-0.1, -0.05) is 6.07 Å². The molecule has 2 heterocycles. The first-order valence-corrected chi connectivity index (χ1v) is 7.89. The molecular formula is C17H17F3N2O4. The summed E-state index contributed by atoms with van der Waals surface area (Å²) < 4.78 is 54.3. The van der Waals surface area contributed by atoms with Crippen molar-refractivity contribution in [2.75, 3.05) is 13.7 Å². The summed E-state index contributed by atoms with van der Waals surface area (Å²) in [4.78, 5) is 16.0. The van der Waals surface area contributed by atoms with E-state index in [1.807, 2.05) is 6.07 Å². The summed E-state index contributed by atoms with van der Waals surface area (Å²) in [5, 5.41) is 0. The fourth-order valence-electron chi connectivity index (χ4n) is 2.70. The second-order valence-corrected chi connectivity index (χ2v) is 5.88. The molecule has 0 aliphatic carbocycles. The molecule has 0 bridgehead atoms. The minimum atomic E-state index is -4.37. The zero-order valence-corrected chi connectivity index (χ0v) is 14.0. The highest BCUT2D eigenvalue weighted by Gasteiger charge is 2.30. The number of carbonyl (C=O) groups is 1. The number of hydrogen-bond acceptors (Lipinski definition) is 5. The third kappa shape index (κ3) is 4.27. The fourth-order valence-corrected chi connectivity index (χ4v) is 2.70. The Labute approximate surface area is 147 Å². The molecule has 1 aliphatic heterocycles. The second-order valence-electron chi connectivity index (χ2n) is 5.88. The third-order valence-corrected chi connectivity index (χ3v) is 4.01. The quantitative estimate of drug-likeness (QED) is 0.758. The maximum Gasteiger partial charge on any atom is 0.406 e. The summed E-state index contributed by atoms with van der Waals surface area (Å²) in [5.41, 5.74) is 0.845. The van der Waals surface area contributed by atoms with Crippen molar-refractivity contribution in [1.29, 1.82) is 0 Å². The molecule has 0 saturated carbocycles. The molecule has 9 heteroatoms. The van der Waals surface area contributed by atoms with E-state index >= 15 is 0 Å².